The third-order valence-electron chi connectivity index (χ3n) is 2.33. The van der Waals surface area contributed by atoms with Crippen molar-refractivity contribution in [1.82, 2.24) is 19.1 Å². The number of nitrogens with zero attached hydrogens (tertiary/aromatic N) is 4. The topological polar surface area (TPSA) is 69.8 Å². The van der Waals surface area contributed by atoms with Crippen LogP contribution in [-0.4, -0.2) is 27.5 Å². The maximum atomic E-state index is 11.0. The summed E-state index contributed by atoms with van der Waals surface area (Å²) in [6.07, 6.45) is 6.38. The fourth-order valence-corrected chi connectivity index (χ4v) is 2.17. The van der Waals surface area contributed by atoms with Crippen LogP contribution in [0.25, 0.3) is 0 Å². The molecule has 8 heteroatoms. The molecule has 0 aliphatic rings. The maximum absolute atomic E-state index is 11.0. The van der Waals surface area contributed by atoms with E-state index in [0.717, 1.165) is 12.4 Å². The molecule has 0 fully saturated rings. The minimum absolute atomic E-state index is 0.145. The Bertz CT molecular complexity index is 616. The van der Waals surface area contributed by atoms with Crippen molar-refractivity contribution in [2.75, 3.05) is 0 Å². The first-order valence-electron chi connectivity index (χ1n) is 4.97. The van der Waals surface area contributed by atoms with Crippen LogP contribution >= 0.6 is 10.7 Å². The van der Waals surface area contributed by atoms with Crippen molar-refractivity contribution in [3.8, 4) is 0 Å². The van der Waals surface area contributed by atoms with Gasteiger partial charge in [-0.05, 0) is 6.92 Å². The molecule has 0 saturated heterocycles. The number of hydrogen-bond acceptors (Lipinski definition) is 4. The minimum Gasteiger partial charge on any atom is -0.334 e. The minimum atomic E-state index is -3.76. The first-order valence-corrected chi connectivity index (χ1v) is 7.28. The van der Waals surface area contributed by atoms with Crippen molar-refractivity contribution in [3.63, 3.8) is 0 Å². The van der Waals surface area contributed by atoms with E-state index in [9.17, 15) is 8.42 Å². The second-order valence-electron chi connectivity index (χ2n) is 3.45. The van der Waals surface area contributed by atoms with Crippen LogP contribution in [0.15, 0.2) is 29.9 Å². The van der Waals surface area contributed by atoms with E-state index in [2.05, 4.69) is 9.97 Å². The molecular weight excluding hydrogens is 264 g/mol. The molecule has 17 heavy (non-hydrogen) atoms. The average molecular weight is 275 g/mol. The molecule has 6 nitrogen and oxygen atoms in total. The van der Waals surface area contributed by atoms with Crippen LogP contribution < -0.4 is 0 Å². The predicted molar refractivity (Wildman–Crippen MR) is 62.3 cm³/mol. The summed E-state index contributed by atoms with van der Waals surface area (Å²) in [7, 11) is 1.42. The Labute approximate surface area is 103 Å². The molecule has 0 aliphatic carbocycles. The number of halogens is 1. The Hall–Kier alpha value is -1.34. The third-order valence-corrected chi connectivity index (χ3v) is 3.51. The zero-order chi connectivity index (χ0) is 12.5. The van der Waals surface area contributed by atoms with Gasteiger partial charge in [0, 0.05) is 35.8 Å². The van der Waals surface area contributed by atoms with Crippen LogP contribution in [0.3, 0.4) is 0 Å². The van der Waals surface area contributed by atoms with Gasteiger partial charge >= 0.3 is 0 Å². The number of rotatable bonds is 4. The van der Waals surface area contributed by atoms with Crippen LogP contribution in [0.2, 0.25) is 0 Å². The van der Waals surface area contributed by atoms with E-state index < -0.39 is 9.05 Å². The Kier molecular flexibility index (Phi) is 3.21. The normalized spacial score (nSPS) is 11.9. The van der Waals surface area contributed by atoms with E-state index in [1.807, 2.05) is 17.7 Å². The Morgan fingerprint density at radius 2 is 2.18 bits per heavy atom. The molecule has 2 heterocycles. The van der Waals surface area contributed by atoms with Crippen molar-refractivity contribution in [2.45, 2.75) is 25.0 Å². The zero-order valence-electron chi connectivity index (χ0n) is 9.12. The molecule has 2 aromatic heterocycles. The standard InChI is InChI=1S/C9H11ClN4O2S/c1-2-14-4-3-11-8(14)5-13-6-9(12-7-13)17(10,15)16/h3-4,6-7H,2,5H2,1H3. The van der Waals surface area contributed by atoms with Crippen LogP contribution in [0.4, 0.5) is 0 Å². The summed E-state index contributed by atoms with van der Waals surface area (Å²) >= 11 is 0. The summed E-state index contributed by atoms with van der Waals surface area (Å²) < 4.78 is 25.7. The highest BCUT2D eigenvalue weighted by atomic mass is 35.7. The van der Waals surface area contributed by atoms with Crippen LogP contribution in [0, 0.1) is 0 Å². The number of aromatic nitrogens is 4. The van der Waals surface area contributed by atoms with Gasteiger partial charge in [-0.15, -0.1) is 0 Å². The van der Waals surface area contributed by atoms with Crippen molar-refractivity contribution < 1.29 is 8.42 Å². The summed E-state index contributed by atoms with van der Waals surface area (Å²) in [5, 5.41) is -0.145. The van der Waals surface area contributed by atoms with Crippen molar-refractivity contribution in [2.24, 2.45) is 0 Å². The first-order chi connectivity index (χ1) is 8.00. The summed E-state index contributed by atoms with van der Waals surface area (Å²) in [4.78, 5) is 7.92. The Morgan fingerprint density at radius 3 is 2.76 bits per heavy atom. The lowest BCUT2D eigenvalue weighted by molar-refractivity contribution is 0.606. The van der Waals surface area contributed by atoms with E-state index in [-0.39, 0.29) is 5.03 Å². The number of imidazole rings is 2. The van der Waals surface area contributed by atoms with E-state index in [1.165, 1.54) is 12.5 Å². The largest absolute Gasteiger partial charge is 0.334 e. The van der Waals surface area contributed by atoms with Gasteiger partial charge < -0.3 is 9.13 Å². The van der Waals surface area contributed by atoms with Gasteiger partial charge in [0.15, 0.2) is 5.03 Å². The van der Waals surface area contributed by atoms with Crippen molar-refractivity contribution in [1.29, 1.82) is 0 Å². The zero-order valence-corrected chi connectivity index (χ0v) is 10.7. The lowest BCUT2D eigenvalue weighted by Crippen LogP contribution is -2.06. The molecule has 2 aromatic rings. The SMILES string of the molecule is CCn1ccnc1Cn1cnc(S(=O)(=O)Cl)c1. The summed E-state index contributed by atoms with van der Waals surface area (Å²) in [6, 6.07) is 0. The second kappa shape index (κ2) is 4.50. The molecule has 0 amide bonds. The average Bonchev–Trinajstić information content (AvgIpc) is 2.86. The molecule has 0 unspecified atom stereocenters. The first kappa shape index (κ1) is 12.1. The van der Waals surface area contributed by atoms with E-state index in [4.69, 9.17) is 10.7 Å². The molecule has 0 N–H and O–H groups in total. The number of hydrogen-bond donors (Lipinski definition) is 0. The van der Waals surface area contributed by atoms with Crippen LogP contribution in [-0.2, 0) is 22.1 Å². The third kappa shape index (κ3) is 2.67. The highest BCUT2D eigenvalue weighted by Crippen LogP contribution is 2.12. The lowest BCUT2D eigenvalue weighted by atomic mass is 10.5. The van der Waals surface area contributed by atoms with Gasteiger partial charge in [-0.3, -0.25) is 0 Å². The van der Waals surface area contributed by atoms with Gasteiger partial charge in [0.1, 0.15) is 5.82 Å². The molecule has 92 valence electrons. The fourth-order valence-electron chi connectivity index (χ4n) is 1.49. The second-order valence-corrected chi connectivity index (χ2v) is 5.96. The van der Waals surface area contributed by atoms with E-state index in [1.54, 1.807) is 10.8 Å². The van der Waals surface area contributed by atoms with E-state index in [0.29, 0.717) is 6.54 Å². The summed E-state index contributed by atoms with van der Waals surface area (Å²) in [5.41, 5.74) is 0. The van der Waals surface area contributed by atoms with Gasteiger partial charge in [-0.25, -0.2) is 18.4 Å². The van der Waals surface area contributed by atoms with Crippen LogP contribution in [0.5, 0.6) is 0 Å². The molecule has 0 spiro atoms. The quantitative estimate of drug-likeness (QED) is 0.782. The monoisotopic (exact) mass is 274 g/mol. The van der Waals surface area contributed by atoms with Crippen molar-refractivity contribution in [3.05, 3.63) is 30.7 Å². The molecule has 0 bridgehead atoms. The van der Waals surface area contributed by atoms with Gasteiger partial charge in [-0.1, -0.05) is 0 Å². The molecule has 0 aromatic carbocycles. The molecule has 0 saturated carbocycles. The van der Waals surface area contributed by atoms with Crippen LogP contribution in [0.1, 0.15) is 12.7 Å². The highest BCUT2D eigenvalue weighted by Gasteiger charge is 2.14. The molecular formula is C9H11ClN4O2S. The Balaban J connectivity index is 2.23. The lowest BCUT2D eigenvalue weighted by Gasteiger charge is -2.04. The van der Waals surface area contributed by atoms with Gasteiger partial charge in [-0.2, -0.15) is 0 Å². The molecule has 0 atom stereocenters. The summed E-state index contributed by atoms with van der Waals surface area (Å²) in [5.74, 6) is 0.837. The van der Waals surface area contributed by atoms with Crippen molar-refractivity contribution >= 4 is 19.7 Å². The van der Waals surface area contributed by atoms with Gasteiger partial charge in [0.05, 0.1) is 12.9 Å². The van der Waals surface area contributed by atoms with Gasteiger partial charge in [0.25, 0.3) is 9.05 Å². The maximum Gasteiger partial charge on any atom is 0.280 e. The molecule has 0 aliphatic heterocycles. The Morgan fingerprint density at radius 1 is 1.41 bits per heavy atom. The summed E-state index contributed by atoms with van der Waals surface area (Å²) in [6.45, 7) is 3.28. The fraction of sp³-hybridized carbons (Fsp3) is 0.333. The predicted octanol–water partition coefficient (Wildman–Crippen LogP) is 1.08. The molecule has 2 rings (SSSR count). The van der Waals surface area contributed by atoms with E-state index >= 15 is 0 Å². The van der Waals surface area contributed by atoms with Gasteiger partial charge in [0.2, 0.25) is 0 Å². The molecule has 0 radical (unpaired) electrons. The highest BCUT2D eigenvalue weighted by molar-refractivity contribution is 8.13. The number of aryl methyl sites for hydroxylation is 1. The smallest absolute Gasteiger partial charge is 0.280 e.